The number of hydrogen-bond donors (Lipinski definition) is 2. The van der Waals surface area contributed by atoms with Crippen molar-refractivity contribution in [3.63, 3.8) is 0 Å². The minimum Gasteiger partial charge on any atom is -0.375 e. The number of hydrogen-bond acceptors (Lipinski definition) is 8. The second-order valence-corrected chi connectivity index (χ2v) is 12.6. The second kappa shape index (κ2) is 11.6. The topological polar surface area (TPSA) is 128 Å². The van der Waals surface area contributed by atoms with Crippen LogP contribution in [0.4, 0.5) is 5.82 Å². The maximum atomic E-state index is 12.8. The highest BCUT2D eigenvalue weighted by molar-refractivity contribution is 7.88. The van der Waals surface area contributed by atoms with Gasteiger partial charge in [-0.05, 0) is 44.2 Å². The molecule has 5 unspecified atom stereocenters. The number of halogens is 1. The Kier molecular flexibility index (Phi) is 8.73. The van der Waals surface area contributed by atoms with E-state index < -0.39 is 10.0 Å². The van der Waals surface area contributed by atoms with Gasteiger partial charge in [-0.15, -0.1) is 11.6 Å². The van der Waals surface area contributed by atoms with Gasteiger partial charge in [0, 0.05) is 45.3 Å². The van der Waals surface area contributed by atoms with Crippen LogP contribution in [0.2, 0.25) is 0 Å². The third-order valence-electron chi connectivity index (χ3n) is 7.55. The van der Waals surface area contributed by atoms with Crippen molar-refractivity contribution in [1.82, 2.24) is 19.5 Å². The number of carbonyl (C=O) groups excluding carboxylic acids is 1. The van der Waals surface area contributed by atoms with Crippen LogP contribution in [0.1, 0.15) is 30.5 Å². The average molecular weight is 539 g/mol. The lowest BCUT2D eigenvalue weighted by atomic mass is 9.74. The number of ether oxygens (including phenoxy) is 1. The van der Waals surface area contributed by atoms with Gasteiger partial charge in [0.15, 0.2) is 0 Å². The van der Waals surface area contributed by atoms with Gasteiger partial charge in [0.1, 0.15) is 11.9 Å². The summed E-state index contributed by atoms with van der Waals surface area (Å²) in [6.45, 7) is 5.93. The molecule has 5 atom stereocenters. The highest BCUT2D eigenvalue weighted by atomic mass is 35.5. The van der Waals surface area contributed by atoms with Gasteiger partial charge in [-0.3, -0.25) is 9.69 Å². The number of aryl methyl sites for hydroxylation is 1. The number of nitrogens with zero attached hydrogens (tertiary/aromatic N) is 4. The fourth-order valence-corrected chi connectivity index (χ4v) is 6.61. The minimum absolute atomic E-state index is 0.0321. The first-order chi connectivity index (χ1) is 17.1. The van der Waals surface area contributed by atoms with E-state index in [-0.39, 0.29) is 29.3 Å². The average Bonchev–Trinajstić information content (AvgIpc) is 2.83. The molecule has 36 heavy (non-hydrogen) atoms. The number of sulfonamides is 1. The number of aromatic nitrogens is 1. The van der Waals surface area contributed by atoms with Crippen LogP contribution in [0.25, 0.3) is 0 Å². The summed E-state index contributed by atoms with van der Waals surface area (Å²) in [6, 6.07) is 5.66. The fraction of sp³-hybridized carbons (Fsp3) is 0.708. The Morgan fingerprint density at radius 2 is 2.00 bits per heavy atom. The lowest BCUT2D eigenvalue weighted by Gasteiger charge is -2.44. The first-order valence-electron chi connectivity index (χ1n) is 12.5. The first kappa shape index (κ1) is 27.1. The molecule has 1 aliphatic carbocycles. The molecule has 2 saturated heterocycles. The smallest absolute Gasteiger partial charge is 0.225 e. The number of anilines is 1. The van der Waals surface area contributed by atoms with Crippen LogP contribution in [-0.4, -0.2) is 98.2 Å². The molecule has 12 heteroatoms. The third kappa shape index (κ3) is 6.66. The Bertz CT molecular complexity index is 1090. The molecule has 1 amide bonds. The van der Waals surface area contributed by atoms with E-state index in [1.54, 1.807) is 19.1 Å². The summed E-state index contributed by atoms with van der Waals surface area (Å²) in [6.07, 6.45) is 3.38. The lowest BCUT2D eigenvalue weighted by molar-refractivity contribution is -0.130. The van der Waals surface area contributed by atoms with Gasteiger partial charge in [0.05, 0.1) is 41.5 Å². The molecule has 0 spiro atoms. The van der Waals surface area contributed by atoms with E-state index in [1.165, 1.54) is 10.6 Å². The molecule has 1 aromatic heterocycles. The summed E-state index contributed by atoms with van der Waals surface area (Å²) < 4.78 is 31.0. The predicted molar refractivity (Wildman–Crippen MR) is 137 cm³/mol. The van der Waals surface area contributed by atoms with Gasteiger partial charge in [-0.25, -0.2) is 13.4 Å². The highest BCUT2D eigenvalue weighted by Gasteiger charge is 2.43. The molecular formula is C24H35ClN6O4S. The van der Waals surface area contributed by atoms with Crippen LogP contribution in [0.15, 0.2) is 12.1 Å². The maximum Gasteiger partial charge on any atom is 0.225 e. The summed E-state index contributed by atoms with van der Waals surface area (Å²) >= 11 is 6.72. The molecule has 10 nitrogen and oxygen atoms in total. The van der Waals surface area contributed by atoms with Gasteiger partial charge < -0.3 is 15.4 Å². The normalized spacial score (nSPS) is 29.7. The zero-order chi connectivity index (χ0) is 25.9. The quantitative estimate of drug-likeness (QED) is 0.472. The zero-order valence-corrected chi connectivity index (χ0v) is 22.4. The number of rotatable bonds is 8. The van der Waals surface area contributed by atoms with Gasteiger partial charge in [0.2, 0.25) is 15.9 Å². The minimum atomic E-state index is -3.13. The first-order valence-corrected chi connectivity index (χ1v) is 14.8. The van der Waals surface area contributed by atoms with Crippen LogP contribution in [-0.2, 0) is 19.6 Å². The van der Waals surface area contributed by atoms with Crippen molar-refractivity contribution in [3.05, 3.63) is 23.4 Å². The van der Waals surface area contributed by atoms with E-state index in [0.717, 1.165) is 19.4 Å². The van der Waals surface area contributed by atoms with Crippen molar-refractivity contribution in [2.24, 2.45) is 11.8 Å². The van der Waals surface area contributed by atoms with Crippen molar-refractivity contribution in [1.29, 1.82) is 5.26 Å². The molecular weight excluding hydrogens is 504 g/mol. The maximum absolute atomic E-state index is 12.8. The van der Waals surface area contributed by atoms with Crippen molar-refractivity contribution in [3.8, 4) is 6.07 Å². The summed E-state index contributed by atoms with van der Waals surface area (Å²) in [5, 5.41) is 15.4. The SMILES string of the molecule is Cc1nc(NCC2CC3CC(Cl)C(OCCN4CCN(S(C)(=O)=O)CC4)CC3NC2=O)ccc1C#N. The number of nitrogens with one attached hydrogen (secondary N) is 2. The molecule has 0 bridgehead atoms. The molecule has 0 radical (unpaired) electrons. The Hall–Kier alpha value is -1.97. The van der Waals surface area contributed by atoms with E-state index in [2.05, 4.69) is 26.6 Å². The van der Waals surface area contributed by atoms with Gasteiger partial charge in [0.25, 0.3) is 0 Å². The van der Waals surface area contributed by atoms with E-state index in [1.807, 2.05) is 0 Å². The second-order valence-electron chi connectivity index (χ2n) is 10.0. The Balaban J connectivity index is 1.21. The number of nitriles is 1. The van der Waals surface area contributed by atoms with Crippen molar-refractivity contribution < 1.29 is 17.9 Å². The van der Waals surface area contributed by atoms with Gasteiger partial charge >= 0.3 is 0 Å². The molecule has 2 aliphatic heterocycles. The molecule has 198 valence electrons. The zero-order valence-electron chi connectivity index (χ0n) is 20.8. The number of piperidine rings is 1. The number of piperazine rings is 1. The van der Waals surface area contributed by atoms with Crippen molar-refractivity contribution in [2.75, 3.05) is 57.4 Å². The van der Waals surface area contributed by atoms with E-state index >= 15 is 0 Å². The molecule has 3 fully saturated rings. The van der Waals surface area contributed by atoms with E-state index in [9.17, 15) is 13.2 Å². The molecule has 1 aromatic rings. The largest absolute Gasteiger partial charge is 0.375 e. The monoisotopic (exact) mass is 538 g/mol. The van der Waals surface area contributed by atoms with Gasteiger partial charge in [-0.1, -0.05) is 0 Å². The molecule has 2 N–H and O–H groups in total. The summed E-state index contributed by atoms with van der Waals surface area (Å²) in [5.74, 6) is 0.823. The van der Waals surface area contributed by atoms with Crippen molar-refractivity contribution >= 4 is 33.3 Å². The fourth-order valence-electron chi connectivity index (χ4n) is 5.38. The highest BCUT2D eigenvalue weighted by Crippen LogP contribution is 2.37. The van der Waals surface area contributed by atoms with Gasteiger partial charge in [-0.2, -0.15) is 9.57 Å². The van der Waals surface area contributed by atoms with Crippen molar-refractivity contribution in [2.45, 2.75) is 43.7 Å². The number of alkyl halides is 1. The number of amides is 1. The Morgan fingerprint density at radius 1 is 1.25 bits per heavy atom. The number of fused-ring (bicyclic) bond motifs is 1. The number of pyridine rings is 1. The molecule has 4 rings (SSSR count). The Morgan fingerprint density at radius 3 is 2.67 bits per heavy atom. The predicted octanol–water partition coefficient (Wildman–Crippen LogP) is 1.16. The lowest BCUT2D eigenvalue weighted by Crippen LogP contribution is -2.56. The molecule has 0 aromatic carbocycles. The Labute approximate surface area is 218 Å². The van der Waals surface area contributed by atoms with Crippen LogP contribution >= 0.6 is 11.6 Å². The summed E-state index contributed by atoms with van der Waals surface area (Å²) in [5.41, 5.74) is 1.20. The van der Waals surface area contributed by atoms with E-state index in [4.69, 9.17) is 21.6 Å². The van der Waals surface area contributed by atoms with E-state index in [0.29, 0.717) is 68.7 Å². The number of carbonyl (C=O) groups is 1. The molecule has 1 saturated carbocycles. The third-order valence-corrected chi connectivity index (χ3v) is 9.31. The standard InChI is InChI=1S/C24H35ClN6O4S/c1-16-17(14-26)3-4-23(28-16)27-15-19-11-18-12-20(25)22(13-21(18)29-24(19)32)35-10-9-30-5-7-31(8-6-30)36(2,33)34/h3-4,18-22H,5-13,15H2,1-2H3,(H,27,28)(H,29,32). The van der Waals surface area contributed by atoms with Crippen LogP contribution in [0.3, 0.4) is 0 Å². The van der Waals surface area contributed by atoms with Crippen LogP contribution < -0.4 is 10.6 Å². The van der Waals surface area contributed by atoms with Crippen LogP contribution in [0.5, 0.6) is 0 Å². The molecule has 3 aliphatic rings. The molecule has 3 heterocycles. The summed E-state index contributed by atoms with van der Waals surface area (Å²) in [4.78, 5) is 19.4. The summed E-state index contributed by atoms with van der Waals surface area (Å²) in [7, 11) is -3.13. The van der Waals surface area contributed by atoms with Crippen LogP contribution in [0, 0.1) is 30.1 Å².